The maximum atomic E-state index is 12.3. The van der Waals surface area contributed by atoms with Crippen molar-refractivity contribution in [3.8, 4) is 0 Å². The van der Waals surface area contributed by atoms with Crippen LogP contribution in [0.2, 0.25) is 0 Å². The highest BCUT2D eigenvalue weighted by Crippen LogP contribution is 2.23. The number of nitrogens with zero attached hydrogens (tertiary/aromatic N) is 3. The van der Waals surface area contributed by atoms with Gasteiger partial charge in [0.1, 0.15) is 0 Å². The molecule has 1 amide bonds. The Morgan fingerprint density at radius 1 is 1.50 bits per heavy atom. The third-order valence-electron chi connectivity index (χ3n) is 4.41. The topological polar surface area (TPSA) is 59.4 Å². The molecule has 2 aliphatic heterocycles. The van der Waals surface area contributed by atoms with E-state index in [1.165, 1.54) is 0 Å². The molecular formula is C14H22N4O2. The van der Waals surface area contributed by atoms with Gasteiger partial charge in [0.25, 0.3) is 5.91 Å². The number of hydrogen-bond acceptors (Lipinski definition) is 4. The number of fused-ring (bicyclic) bond motifs is 1. The van der Waals surface area contributed by atoms with Crippen LogP contribution in [-0.2, 0) is 11.8 Å². The summed E-state index contributed by atoms with van der Waals surface area (Å²) in [6.45, 7) is 6.67. The van der Waals surface area contributed by atoms with E-state index in [0.717, 1.165) is 31.8 Å². The van der Waals surface area contributed by atoms with Gasteiger partial charge >= 0.3 is 0 Å². The molecule has 1 aromatic rings. The van der Waals surface area contributed by atoms with Gasteiger partial charge in [-0.3, -0.25) is 14.4 Å². The molecule has 0 saturated carbocycles. The number of morpholine rings is 1. The quantitative estimate of drug-likeness (QED) is 0.846. The van der Waals surface area contributed by atoms with Crippen molar-refractivity contribution < 1.29 is 9.53 Å². The van der Waals surface area contributed by atoms with E-state index in [0.29, 0.717) is 17.7 Å². The van der Waals surface area contributed by atoms with Crippen LogP contribution in [-0.4, -0.2) is 58.5 Å². The van der Waals surface area contributed by atoms with Crippen LogP contribution in [0.15, 0.2) is 6.20 Å². The minimum atomic E-state index is -0.0191. The number of aromatic nitrogens is 2. The number of nitrogens with one attached hydrogen (secondary N) is 1. The summed E-state index contributed by atoms with van der Waals surface area (Å²) in [6, 6.07) is 0.660. The Morgan fingerprint density at radius 2 is 2.30 bits per heavy atom. The highest BCUT2D eigenvalue weighted by molar-refractivity contribution is 5.95. The van der Waals surface area contributed by atoms with E-state index >= 15 is 0 Å². The molecule has 1 N–H and O–H groups in total. The number of carbonyl (C=O) groups excluding carboxylic acids is 1. The molecule has 3 rings (SSSR count). The minimum Gasteiger partial charge on any atom is -0.376 e. The fraction of sp³-hybridized carbons (Fsp3) is 0.714. The molecule has 0 aliphatic carbocycles. The number of hydrogen-bond donors (Lipinski definition) is 1. The predicted octanol–water partition coefficient (Wildman–Crippen LogP) is 0.320. The molecule has 2 fully saturated rings. The lowest BCUT2D eigenvalue weighted by Gasteiger charge is -2.33. The number of amides is 1. The van der Waals surface area contributed by atoms with Gasteiger partial charge in [-0.15, -0.1) is 0 Å². The molecule has 2 aliphatic rings. The summed E-state index contributed by atoms with van der Waals surface area (Å²) in [7, 11) is 1.85. The Labute approximate surface area is 119 Å². The Bertz CT molecular complexity index is 513. The van der Waals surface area contributed by atoms with Gasteiger partial charge in [0, 0.05) is 37.9 Å². The summed E-state index contributed by atoms with van der Waals surface area (Å²) in [5, 5.41) is 7.25. The molecule has 6 heteroatoms. The van der Waals surface area contributed by atoms with E-state index in [-0.39, 0.29) is 11.9 Å². The van der Waals surface area contributed by atoms with Crippen LogP contribution < -0.4 is 5.32 Å². The summed E-state index contributed by atoms with van der Waals surface area (Å²) >= 11 is 0. The van der Waals surface area contributed by atoms with Crippen LogP contribution in [0.4, 0.5) is 0 Å². The van der Waals surface area contributed by atoms with Crippen LogP contribution in [0.1, 0.15) is 29.4 Å². The van der Waals surface area contributed by atoms with E-state index in [1.807, 2.05) is 14.0 Å². The van der Waals surface area contributed by atoms with Gasteiger partial charge in [-0.05, 0) is 20.3 Å². The maximum Gasteiger partial charge on any atom is 0.255 e. The van der Waals surface area contributed by atoms with Gasteiger partial charge in [0.2, 0.25) is 0 Å². The molecule has 0 unspecified atom stereocenters. The SMILES string of the molecule is Cc1c(C(=O)N[C@@H]2C[C@H]3CO[C@@H](C)CN3C2)cnn1C. The van der Waals surface area contributed by atoms with E-state index in [9.17, 15) is 4.79 Å². The third kappa shape index (κ3) is 2.45. The van der Waals surface area contributed by atoms with Crippen molar-refractivity contribution >= 4 is 5.91 Å². The predicted molar refractivity (Wildman–Crippen MR) is 74.6 cm³/mol. The molecule has 20 heavy (non-hydrogen) atoms. The lowest BCUT2D eigenvalue weighted by molar-refractivity contribution is -0.0390. The van der Waals surface area contributed by atoms with Crippen molar-refractivity contribution in [1.82, 2.24) is 20.0 Å². The minimum absolute atomic E-state index is 0.0191. The van der Waals surface area contributed by atoms with Crippen molar-refractivity contribution in [3.63, 3.8) is 0 Å². The van der Waals surface area contributed by atoms with Gasteiger partial charge in [0.15, 0.2) is 0 Å². The zero-order valence-corrected chi connectivity index (χ0v) is 12.3. The molecule has 110 valence electrons. The van der Waals surface area contributed by atoms with Crippen molar-refractivity contribution in [1.29, 1.82) is 0 Å². The van der Waals surface area contributed by atoms with Crippen LogP contribution in [0.5, 0.6) is 0 Å². The first-order valence-corrected chi connectivity index (χ1v) is 7.19. The van der Waals surface area contributed by atoms with Crippen LogP contribution >= 0.6 is 0 Å². The average Bonchev–Trinajstić information content (AvgIpc) is 2.93. The largest absolute Gasteiger partial charge is 0.376 e. The van der Waals surface area contributed by atoms with E-state index in [1.54, 1.807) is 10.9 Å². The zero-order valence-electron chi connectivity index (χ0n) is 12.3. The summed E-state index contributed by atoms with van der Waals surface area (Å²) in [4.78, 5) is 14.7. The Balaban J connectivity index is 1.62. The first kappa shape index (κ1) is 13.6. The highest BCUT2D eigenvalue weighted by Gasteiger charge is 2.37. The Hall–Kier alpha value is -1.40. The van der Waals surface area contributed by atoms with Crippen molar-refractivity contribution in [2.75, 3.05) is 19.7 Å². The van der Waals surface area contributed by atoms with Crippen LogP contribution in [0.3, 0.4) is 0 Å². The van der Waals surface area contributed by atoms with Gasteiger partial charge in [-0.25, -0.2) is 0 Å². The highest BCUT2D eigenvalue weighted by atomic mass is 16.5. The molecule has 6 nitrogen and oxygen atoms in total. The monoisotopic (exact) mass is 278 g/mol. The van der Waals surface area contributed by atoms with Crippen molar-refractivity contribution in [3.05, 3.63) is 17.5 Å². The van der Waals surface area contributed by atoms with Gasteiger partial charge in [0.05, 0.1) is 24.5 Å². The fourth-order valence-corrected chi connectivity index (χ4v) is 3.13. The summed E-state index contributed by atoms with van der Waals surface area (Å²) in [5.41, 5.74) is 1.57. The van der Waals surface area contributed by atoms with E-state index < -0.39 is 0 Å². The average molecular weight is 278 g/mol. The van der Waals surface area contributed by atoms with Gasteiger partial charge < -0.3 is 10.1 Å². The normalized spacial score (nSPS) is 30.2. The number of rotatable bonds is 2. The summed E-state index contributed by atoms with van der Waals surface area (Å²) < 4.78 is 7.41. The second-order valence-corrected chi connectivity index (χ2v) is 5.93. The molecule has 0 bridgehead atoms. The smallest absolute Gasteiger partial charge is 0.255 e. The van der Waals surface area contributed by atoms with Gasteiger partial charge in [-0.1, -0.05) is 0 Å². The second kappa shape index (κ2) is 5.18. The maximum absolute atomic E-state index is 12.3. The number of carbonyl (C=O) groups is 1. The molecule has 0 radical (unpaired) electrons. The molecule has 3 atom stereocenters. The first-order valence-electron chi connectivity index (χ1n) is 7.19. The molecule has 3 heterocycles. The van der Waals surface area contributed by atoms with Gasteiger partial charge in [-0.2, -0.15) is 5.10 Å². The zero-order chi connectivity index (χ0) is 14.3. The first-order chi connectivity index (χ1) is 9.54. The Kier molecular flexibility index (Phi) is 3.52. The lowest BCUT2D eigenvalue weighted by atomic mass is 10.1. The second-order valence-electron chi connectivity index (χ2n) is 5.93. The van der Waals surface area contributed by atoms with Crippen molar-refractivity contribution in [2.24, 2.45) is 7.05 Å². The van der Waals surface area contributed by atoms with Crippen LogP contribution in [0.25, 0.3) is 0 Å². The molecule has 1 aromatic heterocycles. The molecule has 0 spiro atoms. The Morgan fingerprint density at radius 3 is 3.00 bits per heavy atom. The lowest BCUT2D eigenvalue weighted by Crippen LogP contribution is -2.45. The summed E-state index contributed by atoms with van der Waals surface area (Å²) in [5.74, 6) is -0.0191. The van der Waals surface area contributed by atoms with E-state index in [2.05, 4.69) is 22.2 Å². The van der Waals surface area contributed by atoms with E-state index in [4.69, 9.17) is 4.74 Å². The summed E-state index contributed by atoms with van der Waals surface area (Å²) in [6.07, 6.45) is 2.90. The fourth-order valence-electron chi connectivity index (χ4n) is 3.13. The molecular weight excluding hydrogens is 256 g/mol. The standard InChI is InChI=1S/C14H22N4O2/c1-9-6-18-7-11(4-12(18)8-20-9)16-14(19)13-5-15-17(3)10(13)2/h5,9,11-12H,4,6-8H2,1-3H3,(H,16,19)/t9-,11+,12-/m0/s1. The molecule has 2 saturated heterocycles. The molecule has 0 aromatic carbocycles. The number of ether oxygens (including phenoxy) is 1. The van der Waals surface area contributed by atoms with Crippen molar-refractivity contribution in [2.45, 2.75) is 38.5 Å². The number of aryl methyl sites for hydroxylation is 1. The van der Waals surface area contributed by atoms with Crippen LogP contribution in [0, 0.1) is 6.92 Å². The third-order valence-corrected chi connectivity index (χ3v) is 4.41.